The van der Waals surface area contributed by atoms with Crippen molar-refractivity contribution in [3.8, 4) is 11.5 Å². The fraction of sp³-hybridized carbons (Fsp3) is 0.333. The molecule has 0 bridgehead atoms. The van der Waals surface area contributed by atoms with Crippen LogP contribution in [0, 0.1) is 0 Å². The number of aromatic amines is 1. The lowest BCUT2D eigenvalue weighted by Crippen LogP contribution is -2.42. The molecule has 2 N–H and O–H groups in total. The number of hydrogen-bond acceptors (Lipinski definition) is 4. The highest BCUT2D eigenvalue weighted by atomic mass is 35.5. The lowest BCUT2D eigenvalue weighted by molar-refractivity contribution is 0.184. The number of ether oxygens (including phenoxy) is 2. The summed E-state index contributed by atoms with van der Waals surface area (Å²) < 4.78 is 10.7. The Labute approximate surface area is 191 Å². The van der Waals surface area contributed by atoms with Gasteiger partial charge in [0.05, 0.1) is 37.0 Å². The first-order chi connectivity index (χ1) is 15.5. The van der Waals surface area contributed by atoms with Gasteiger partial charge in [-0.05, 0) is 37.1 Å². The van der Waals surface area contributed by atoms with Crippen LogP contribution in [0.1, 0.15) is 31.2 Å². The Hall–Kier alpha value is -3.19. The number of halogens is 1. The van der Waals surface area contributed by atoms with E-state index in [9.17, 15) is 9.59 Å². The van der Waals surface area contributed by atoms with Gasteiger partial charge in [-0.1, -0.05) is 36.6 Å². The molecular weight excluding hydrogens is 430 g/mol. The van der Waals surface area contributed by atoms with Crippen LogP contribution in [-0.2, 0) is 6.54 Å². The number of aromatic nitrogens is 1. The Bertz CT molecular complexity index is 1190. The second-order valence-electron chi connectivity index (χ2n) is 7.89. The minimum Gasteiger partial charge on any atom is -0.493 e. The number of H-pyrrole nitrogens is 1. The van der Waals surface area contributed by atoms with E-state index in [0.29, 0.717) is 33.3 Å². The van der Waals surface area contributed by atoms with Crippen LogP contribution in [0.4, 0.5) is 10.5 Å². The van der Waals surface area contributed by atoms with Crippen molar-refractivity contribution in [3.63, 3.8) is 0 Å². The molecule has 0 atom stereocenters. The summed E-state index contributed by atoms with van der Waals surface area (Å²) in [5.41, 5.74) is 1.46. The highest BCUT2D eigenvalue weighted by molar-refractivity contribution is 6.33. The van der Waals surface area contributed by atoms with Gasteiger partial charge in [0.1, 0.15) is 0 Å². The predicted molar refractivity (Wildman–Crippen MR) is 126 cm³/mol. The van der Waals surface area contributed by atoms with E-state index < -0.39 is 0 Å². The molecular formula is C24H26ClN3O4. The first-order valence-corrected chi connectivity index (χ1v) is 11.0. The van der Waals surface area contributed by atoms with Crippen molar-refractivity contribution in [1.29, 1.82) is 0 Å². The van der Waals surface area contributed by atoms with E-state index in [1.807, 2.05) is 18.2 Å². The molecule has 0 radical (unpaired) electrons. The molecule has 1 saturated carbocycles. The number of carbonyl (C=O) groups excluding carboxylic acids is 1. The van der Waals surface area contributed by atoms with Crippen LogP contribution in [0.25, 0.3) is 10.9 Å². The standard InChI is InChI=1S/C24H26ClN3O4/c1-31-21-12-15-11-16(23(29)26-20(15)13-22(21)32-2)14-28(17-7-3-4-8-17)24(30)27-19-10-6-5-9-18(19)25/h5-6,9-13,17H,3-4,7-8,14H2,1-2H3,(H,26,29)(H,27,30). The van der Waals surface area contributed by atoms with Crippen molar-refractivity contribution in [3.05, 3.63) is 63.4 Å². The lowest BCUT2D eigenvalue weighted by atomic mass is 10.1. The highest BCUT2D eigenvalue weighted by Crippen LogP contribution is 2.32. The zero-order valence-corrected chi connectivity index (χ0v) is 18.9. The largest absolute Gasteiger partial charge is 0.493 e. The van der Waals surface area contributed by atoms with Gasteiger partial charge >= 0.3 is 6.03 Å². The molecule has 1 heterocycles. The number of methoxy groups -OCH3 is 2. The van der Waals surface area contributed by atoms with Gasteiger partial charge in [0, 0.05) is 23.1 Å². The zero-order valence-electron chi connectivity index (χ0n) is 18.1. The van der Waals surface area contributed by atoms with Crippen molar-refractivity contribution >= 4 is 34.2 Å². The Morgan fingerprint density at radius 1 is 1.12 bits per heavy atom. The van der Waals surface area contributed by atoms with Crippen molar-refractivity contribution < 1.29 is 14.3 Å². The highest BCUT2D eigenvalue weighted by Gasteiger charge is 2.28. The van der Waals surface area contributed by atoms with Gasteiger partial charge in [-0.25, -0.2) is 4.79 Å². The molecule has 2 amide bonds. The SMILES string of the molecule is COc1cc2cc(CN(C(=O)Nc3ccccc3Cl)C3CCCC3)c(=O)[nH]c2cc1OC. The smallest absolute Gasteiger partial charge is 0.322 e. The summed E-state index contributed by atoms with van der Waals surface area (Å²) in [4.78, 5) is 30.7. The summed E-state index contributed by atoms with van der Waals surface area (Å²) in [5.74, 6) is 1.11. The molecule has 7 nitrogen and oxygen atoms in total. The third kappa shape index (κ3) is 4.53. The molecule has 2 aromatic carbocycles. The third-order valence-corrected chi connectivity index (χ3v) is 6.24. The molecule has 0 aliphatic heterocycles. The quantitative estimate of drug-likeness (QED) is 0.536. The van der Waals surface area contributed by atoms with Gasteiger partial charge in [0.2, 0.25) is 0 Å². The molecule has 8 heteroatoms. The van der Waals surface area contributed by atoms with Crippen molar-refractivity contribution in [2.75, 3.05) is 19.5 Å². The minimum atomic E-state index is -0.267. The van der Waals surface area contributed by atoms with Crippen LogP contribution in [-0.4, -0.2) is 36.2 Å². The molecule has 32 heavy (non-hydrogen) atoms. The third-order valence-electron chi connectivity index (χ3n) is 5.91. The van der Waals surface area contributed by atoms with E-state index in [2.05, 4.69) is 10.3 Å². The average Bonchev–Trinajstić information content (AvgIpc) is 3.32. The Morgan fingerprint density at radius 2 is 1.81 bits per heavy atom. The summed E-state index contributed by atoms with van der Waals surface area (Å²) in [5, 5.41) is 4.17. The van der Waals surface area contributed by atoms with Crippen molar-refractivity contribution in [1.82, 2.24) is 9.88 Å². The summed E-state index contributed by atoms with van der Waals surface area (Å²) in [6.45, 7) is 0.195. The molecule has 1 aliphatic rings. The number of benzene rings is 2. The summed E-state index contributed by atoms with van der Waals surface area (Å²) in [6.07, 6.45) is 3.94. The fourth-order valence-corrected chi connectivity index (χ4v) is 4.39. The monoisotopic (exact) mass is 455 g/mol. The van der Waals surface area contributed by atoms with E-state index in [4.69, 9.17) is 21.1 Å². The van der Waals surface area contributed by atoms with Crippen LogP contribution in [0.5, 0.6) is 11.5 Å². The van der Waals surface area contributed by atoms with Crippen LogP contribution < -0.4 is 20.3 Å². The average molecular weight is 456 g/mol. The first kappa shape index (κ1) is 22.0. The van der Waals surface area contributed by atoms with Crippen LogP contribution in [0.15, 0.2) is 47.3 Å². The Balaban J connectivity index is 1.67. The number of carbonyl (C=O) groups is 1. The summed E-state index contributed by atoms with van der Waals surface area (Å²) >= 11 is 6.23. The minimum absolute atomic E-state index is 0.0676. The van der Waals surface area contributed by atoms with E-state index in [0.717, 1.165) is 31.1 Å². The second-order valence-corrected chi connectivity index (χ2v) is 8.30. The zero-order chi connectivity index (χ0) is 22.7. The van der Waals surface area contributed by atoms with Crippen molar-refractivity contribution in [2.24, 2.45) is 0 Å². The summed E-state index contributed by atoms with van der Waals surface area (Å²) in [7, 11) is 3.12. The number of amides is 2. The van der Waals surface area contributed by atoms with Crippen LogP contribution >= 0.6 is 11.6 Å². The number of nitrogens with zero attached hydrogens (tertiary/aromatic N) is 1. The number of para-hydroxylation sites is 1. The van der Waals surface area contributed by atoms with E-state index in [1.54, 1.807) is 43.4 Å². The maximum Gasteiger partial charge on any atom is 0.322 e. The molecule has 168 valence electrons. The maximum absolute atomic E-state index is 13.2. The molecule has 0 spiro atoms. The molecule has 0 unspecified atom stereocenters. The van der Waals surface area contributed by atoms with Gasteiger partial charge in [0.15, 0.2) is 11.5 Å². The van der Waals surface area contributed by atoms with Crippen molar-refractivity contribution in [2.45, 2.75) is 38.3 Å². The Kier molecular flexibility index (Phi) is 6.55. The van der Waals surface area contributed by atoms with Gasteiger partial charge < -0.3 is 24.7 Å². The predicted octanol–water partition coefficient (Wildman–Crippen LogP) is 5.18. The fourth-order valence-electron chi connectivity index (χ4n) is 4.21. The topological polar surface area (TPSA) is 83.7 Å². The summed E-state index contributed by atoms with van der Waals surface area (Å²) in [6, 6.07) is 12.3. The normalized spacial score (nSPS) is 13.8. The number of nitrogens with one attached hydrogen (secondary N) is 2. The second kappa shape index (κ2) is 9.53. The van der Waals surface area contributed by atoms with E-state index >= 15 is 0 Å². The number of anilines is 1. The molecule has 0 saturated heterocycles. The van der Waals surface area contributed by atoms with Crippen LogP contribution in [0.2, 0.25) is 5.02 Å². The van der Waals surface area contributed by atoms with Gasteiger partial charge in [-0.2, -0.15) is 0 Å². The first-order valence-electron chi connectivity index (χ1n) is 10.6. The number of rotatable bonds is 6. The maximum atomic E-state index is 13.2. The molecule has 1 fully saturated rings. The van der Waals surface area contributed by atoms with E-state index in [1.165, 1.54) is 0 Å². The molecule has 1 aliphatic carbocycles. The molecule has 1 aromatic heterocycles. The Morgan fingerprint density at radius 3 is 2.50 bits per heavy atom. The van der Waals surface area contributed by atoms with Gasteiger partial charge in [0.25, 0.3) is 5.56 Å². The number of urea groups is 1. The number of hydrogen-bond donors (Lipinski definition) is 2. The lowest BCUT2D eigenvalue weighted by Gasteiger charge is -2.29. The van der Waals surface area contributed by atoms with Gasteiger partial charge in [-0.3, -0.25) is 4.79 Å². The number of pyridine rings is 1. The molecule has 4 rings (SSSR count). The van der Waals surface area contributed by atoms with Crippen LogP contribution in [0.3, 0.4) is 0 Å². The van der Waals surface area contributed by atoms with Gasteiger partial charge in [-0.15, -0.1) is 0 Å². The van der Waals surface area contributed by atoms with E-state index in [-0.39, 0.29) is 24.2 Å². The molecule has 3 aromatic rings. The number of fused-ring (bicyclic) bond motifs is 1.